The number of ether oxygens (including phenoxy) is 2. The molecule has 0 bridgehead atoms. The van der Waals surface area contributed by atoms with E-state index in [4.69, 9.17) is 13.7 Å². The normalized spacial score (nSPS) is 9.58. The Morgan fingerprint density at radius 2 is 1.12 bits per heavy atom. The predicted octanol–water partition coefficient (Wildman–Crippen LogP) is 5.48. The average molecular weight is 377 g/mol. The van der Waals surface area contributed by atoms with Crippen LogP contribution in [-0.2, 0) is 12.5 Å². The van der Waals surface area contributed by atoms with Crippen LogP contribution >= 0.6 is 22.7 Å². The second kappa shape index (κ2) is 9.32. The molecule has 6 heteroatoms. The molecule has 4 rings (SSSR count). The number of methoxy groups -OCH3 is 2. The third-order valence-corrected chi connectivity index (χ3v) is 5.22. The van der Waals surface area contributed by atoms with Gasteiger partial charge in [0, 0.05) is 0 Å². The Kier molecular flexibility index (Phi) is 7.11. The van der Waals surface area contributed by atoms with Crippen LogP contribution in [-0.4, -0.2) is 18.4 Å². The molecular weight excluding hydrogens is 360 g/mol. The van der Waals surface area contributed by atoms with Crippen LogP contribution in [0.25, 0.3) is 20.2 Å². The molecule has 4 aromatic rings. The number of thiophene rings is 2. The third kappa shape index (κ3) is 4.08. The van der Waals surface area contributed by atoms with E-state index in [1.54, 1.807) is 36.9 Å². The van der Waals surface area contributed by atoms with E-state index in [0.29, 0.717) is 0 Å². The van der Waals surface area contributed by atoms with Gasteiger partial charge in [0.25, 0.3) is 0 Å². The van der Waals surface area contributed by atoms with Crippen molar-refractivity contribution in [3.8, 4) is 11.5 Å². The van der Waals surface area contributed by atoms with Gasteiger partial charge in [-0.25, -0.2) is 0 Å². The van der Waals surface area contributed by atoms with E-state index < -0.39 is 0 Å². The number of benzene rings is 2. The van der Waals surface area contributed by atoms with Crippen LogP contribution < -0.4 is 9.47 Å². The largest absolute Gasteiger partial charge is 0.495 e. The molecule has 0 aliphatic heterocycles. The van der Waals surface area contributed by atoms with Crippen LogP contribution in [0, 0.1) is 0 Å². The zero-order valence-electron chi connectivity index (χ0n) is 13.2. The summed E-state index contributed by atoms with van der Waals surface area (Å²) < 4.78 is 20.7. The van der Waals surface area contributed by atoms with Gasteiger partial charge in [-0.05, 0) is 45.8 Å². The quantitative estimate of drug-likeness (QED) is 0.464. The summed E-state index contributed by atoms with van der Waals surface area (Å²) in [5, 5.41) is 6.67. The average Bonchev–Trinajstić information content (AvgIpc) is 3.32. The van der Waals surface area contributed by atoms with E-state index in [2.05, 4.69) is 47.6 Å². The first-order valence-corrected chi connectivity index (χ1v) is 9.10. The summed E-state index contributed by atoms with van der Waals surface area (Å²) in [6.45, 7) is 0. The highest BCUT2D eigenvalue weighted by atomic mass is 32.1. The fourth-order valence-electron chi connectivity index (χ4n) is 2.25. The Morgan fingerprint density at radius 1 is 0.708 bits per heavy atom. The summed E-state index contributed by atoms with van der Waals surface area (Å²) in [4.78, 5) is 0. The second-order valence-electron chi connectivity index (χ2n) is 4.60. The van der Waals surface area contributed by atoms with Crippen molar-refractivity contribution in [1.29, 1.82) is 0 Å². The molecule has 2 heterocycles. The Labute approximate surface area is 154 Å². The van der Waals surface area contributed by atoms with Crippen molar-refractivity contribution >= 4 is 55.4 Å². The molecule has 3 nitrogen and oxygen atoms in total. The molecule has 0 N–H and O–H groups in total. The van der Waals surface area contributed by atoms with Gasteiger partial charge in [0.05, 0.1) is 23.6 Å². The van der Waals surface area contributed by atoms with Crippen molar-refractivity contribution in [2.75, 3.05) is 14.2 Å². The van der Waals surface area contributed by atoms with Crippen LogP contribution in [0.15, 0.2) is 59.3 Å². The van der Waals surface area contributed by atoms with Crippen molar-refractivity contribution in [3.05, 3.63) is 59.3 Å². The Bertz CT molecular complexity index is 824. The molecule has 124 valence electrons. The highest BCUT2D eigenvalue weighted by Crippen LogP contribution is 2.30. The number of rotatable bonds is 2. The molecule has 0 saturated carbocycles. The van der Waals surface area contributed by atoms with Crippen LogP contribution in [0.3, 0.4) is 0 Å². The van der Waals surface area contributed by atoms with E-state index in [0.717, 1.165) is 11.5 Å². The molecule has 0 radical (unpaired) electrons. The molecule has 0 spiro atoms. The topological polar surface area (TPSA) is 35.5 Å². The SMILES string of the molecule is COc1cccc2ccsc12.COc1cccc2ccsc12.O=S. The van der Waals surface area contributed by atoms with Gasteiger partial charge in [-0.3, -0.25) is 0 Å². The molecule has 2 aromatic carbocycles. The van der Waals surface area contributed by atoms with Gasteiger partial charge >= 0.3 is 0 Å². The minimum Gasteiger partial charge on any atom is -0.495 e. The first-order chi connectivity index (χ1) is 11.8. The van der Waals surface area contributed by atoms with E-state index in [1.807, 2.05) is 24.3 Å². The van der Waals surface area contributed by atoms with Crippen LogP contribution in [0.4, 0.5) is 0 Å². The van der Waals surface area contributed by atoms with Crippen LogP contribution in [0.1, 0.15) is 0 Å². The minimum absolute atomic E-state index is 0.970. The van der Waals surface area contributed by atoms with Gasteiger partial charge in [-0.15, -0.1) is 22.7 Å². The van der Waals surface area contributed by atoms with Crippen molar-refractivity contribution in [2.24, 2.45) is 0 Å². The van der Waals surface area contributed by atoms with E-state index in [9.17, 15) is 0 Å². The molecule has 0 atom stereocenters. The Hall–Kier alpha value is -2.02. The molecule has 0 aliphatic carbocycles. The third-order valence-electron chi connectivity index (χ3n) is 3.33. The highest BCUT2D eigenvalue weighted by Gasteiger charge is 2.00. The van der Waals surface area contributed by atoms with Crippen molar-refractivity contribution in [3.63, 3.8) is 0 Å². The smallest absolute Gasteiger partial charge is 0.197 e. The molecular formula is C18H16O3S3. The molecule has 24 heavy (non-hydrogen) atoms. The lowest BCUT2D eigenvalue weighted by atomic mass is 10.2. The van der Waals surface area contributed by atoms with Crippen LogP contribution in [0.2, 0.25) is 0 Å². The summed E-state index contributed by atoms with van der Waals surface area (Å²) in [6.07, 6.45) is 0. The maximum atomic E-state index is 7.83. The Balaban J connectivity index is 0.000000158. The molecule has 0 unspecified atom stereocenters. The first kappa shape index (κ1) is 18.3. The van der Waals surface area contributed by atoms with Crippen molar-refractivity contribution in [2.45, 2.75) is 0 Å². The first-order valence-electron chi connectivity index (χ1n) is 7.00. The summed E-state index contributed by atoms with van der Waals surface area (Å²) in [6, 6.07) is 16.4. The fraction of sp³-hybridized carbons (Fsp3) is 0.111. The van der Waals surface area contributed by atoms with Crippen molar-refractivity contribution in [1.82, 2.24) is 0 Å². The van der Waals surface area contributed by atoms with E-state index in [-0.39, 0.29) is 0 Å². The monoisotopic (exact) mass is 376 g/mol. The zero-order chi connectivity index (χ0) is 17.4. The van der Waals surface area contributed by atoms with Crippen LogP contribution in [0.5, 0.6) is 11.5 Å². The lowest BCUT2D eigenvalue weighted by Crippen LogP contribution is -1.80. The fourth-order valence-corrected chi connectivity index (χ4v) is 4.03. The second-order valence-corrected chi connectivity index (χ2v) is 6.43. The predicted molar refractivity (Wildman–Crippen MR) is 105 cm³/mol. The summed E-state index contributed by atoms with van der Waals surface area (Å²) in [5.74, 6) is 1.94. The summed E-state index contributed by atoms with van der Waals surface area (Å²) in [5.41, 5.74) is 0. The molecule has 0 aliphatic rings. The summed E-state index contributed by atoms with van der Waals surface area (Å²) in [7, 11) is 3.41. The minimum atomic E-state index is 0.970. The molecule has 0 fully saturated rings. The Morgan fingerprint density at radius 3 is 1.50 bits per heavy atom. The van der Waals surface area contributed by atoms with Gasteiger partial charge in [0.1, 0.15) is 11.5 Å². The lowest BCUT2D eigenvalue weighted by molar-refractivity contribution is 0.420. The van der Waals surface area contributed by atoms with Gasteiger partial charge in [-0.1, -0.05) is 24.3 Å². The maximum Gasteiger partial charge on any atom is 0.197 e. The van der Waals surface area contributed by atoms with E-state index in [1.165, 1.54) is 20.2 Å². The van der Waals surface area contributed by atoms with Gasteiger partial charge < -0.3 is 9.47 Å². The van der Waals surface area contributed by atoms with Crippen molar-refractivity contribution < 1.29 is 13.7 Å². The van der Waals surface area contributed by atoms with E-state index >= 15 is 0 Å². The number of fused-ring (bicyclic) bond motifs is 2. The molecule has 2 aromatic heterocycles. The van der Waals surface area contributed by atoms with Gasteiger partial charge in [0.2, 0.25) is 0 Å². The maximum absolute atomic E-state index is 7.83. The zero-order valence-corrected chi connectivity index (χ0v) is 15.7. The van der Waals surface area contributed by atoms with Gasteiger partial charge in [0.15, 0.2) is 12.5 Å². The summed E-state index contributed by atoms with van der Waals surface area (Å²) >= 11 is 6.26. The number of hydrogen-bond donors (Lipinski definition) is 0. The molecule has 0 saturated heterocycles. The molecule has 0 amide bonds. The highest BCUT2D eigenvalue weighted by molar-refractivity contribution is 7.44. The standard InChI is InChI=1S/2C9H8OS.OS/c2*1-10-8-4-2-3-7-5-6-11-9(7)8;1-2/h2*2-6H,1H3;. The number of hydrogen-bond acceptors (Lipinski definition) is 6. The van der Waals surface area contributed by atoms with Gasteiger partial charge in [-0.2, -0.15) is 4.21 Å². The lowest BCUT2D eigenvalue weighted by Gasteiger charge is -1.98.